The van der Waals surface area contributed by atoms with Gasteiger partial charge in [0.1, 0.15) is 5.75 Å². The number of halogens is 1. The first-order chi connectivity index (χ1) is 9.37. The number of piperidine rings is 1. The van der Waals surface area contributed by atoms with Gasteiger partial charge in [0, 0.05) is 10.0 Å². The summed E-state index contributed by atoms with van der Waals surface area (Å²) >= 11 is 3.40. The van der Waals surface area contributed by atoms with E-state index in [1.165, 1.54) is 4.90 Å². The lowest BCUT2D eigenvalue weighted by atomic mass is 10.0. The average Bonchev–Trinajstić information content (AvgIpc) is 2.86. The quantitative estimate of drug-likeness (QED) is 0.796. The fourth-order valence-corrected chi connectivity index (χ4v) is 3.61. The third-order valence-electron chi connectivity index (χ3n) is 4.46. The number of imide groups is 1. The third-order valence-corrected chi connectivity index (χ3v) is 4.96. The number of nitrogens with zero attached hydrogens (tertiary/aromatic N) is 1. The molecule has 106 valence electrons. The van der Waals surface area contributed by atoms with E-state index in [0.717, 1.165) is 10.0 Å². The number of hydrogen-bond donors (Lipinski definition) is 0. The topological polar surface area (TPSA) is 46.6 Å². The molecule has 2 fully saturated rings. The van der Waals surface area contributed by atoms with E-state index in [4.69, 9.17) is 4.74 Å². The van der Waals surface area contributed by atoms with Crippen LogP contribution in [-0.2, 0) is 16.1 Å². The van der Waals surface area contributed by atoms with Gasteiger partial charge in [-0.25, -0.2) is 0 Å². The molecule has 1 saturated carbocycles. The van der Waals surface area contributed by atoms with Crippen LogP contribution < -0.4 is 4.74 Å². The van der Waals surface area contributed by atoms with Gasteiger partial charge in [-0.3, -0.25) is 14.5 Å². The van der Waals surface area contributed by atoms with Crippen molar-refractivity contribution in [1.82, 2.24) is 4.90 Å². The summed E-state index contributed by atoms with van der Waals surface area (Å²) in [5.41, 5.74) is 0.675. The Labute approximate surface area is 126 Å². The Kier molecular flexibility index (Phi) is 2.94. The summed E-state index contributed by atoms with van der Waals surface area (Å²) in [6.45, 7) is 4.24. The smallest absolute Gasteiger partial charge is 0.233 e. The van der Waals surface area contributed by atoms with Crippen molar-refractivity contribution >= 4 is 27.7 Å². The zero-order chi connectivity index (χ0) is 14.7. The lowest BCUT2D eigenvalue weighted by molar-refractivity contribution is -0.143. The zero-order valence-corrected chi connectivity index (χ0v) is 13.2. The van der Waals surface area contributed by atoms with Crippen molar-refractivity contribution < 1.29 is 14.3 Å². The molecule has 0 aromatic heterocycles. The predicted octanol–water partition coefficient (Wildman–Crippen LogP) is 2.60. The molecule has 0 radical (unpaired) electrons. The van der Waals surface area contributed by atoms with Crippen LogP contribution in [0.2, 0.25) is 0 Å². The molecule has 2 amide bonds. The summed E-state index contributed by atoms with van der Waals surface area (Å²) in [5, 5.41) is 0. The first-order valence-electron chi connectivity index (χ1n) is 6.55. The largest absolute Gasteiger partial charge is 0.496 e. The highest BCUT2D eigenvalue weighted by atomic mass is 79.9. The van der Waals surface area contributed by atoms with Gasteiger partial charge >= 0.3 is 0 Å². The highest BCUT2D eigenvalue weighted by Gasteiger charge is 2.72. The van der Waals surface area contributed by atoms with Crippen LogP contribution in [0, 0.1) is 17.3 Å². The molecule has 3 rings (SSSR count). The van der Waals surface area contributed by atoms with E-state index >= 15 is 0 Å². The number of hydrogen-bond acceptors (Lipinski definition) is 3. The minimum Gasteiger partial charge on any atom is -0.496 e. The second kappa shape index (κ2) is 4.32. The SMILES string of the molecule is COc1ccc(Br)cc1CN1C(=O)C2C(C1=O)C2(C)C. The average molecular weight is 338 g/mol. The van der Waals surface area contributed by atoms with Gasteiger partial charge in [0.15, 0.2) is 0 Å². The summed E-state index contributed by atoms with van der Waals surface area (Å²) in [6, 6.07) is 5.58. The van der Waals surface area contributed by atoms with E-state index in [2.05, 4.69) is 15.9 Å². The minimum absolute atomic E-state index is 0.0490. The van der Waals surface area contributed by atoms with Crippen LogP contribution in [0.25, 0.3) is 0 Å². The minimum atomic E-state index is -0.161. The van der Waals surface area contributed by atoms with E-state index in [1.54, 1.807) is 7.11 Å². The molecule has 1 saturated heterocycles. The van der Waals surface area contributed by atoms with E-state index in [-0.39, 0.29) is 35.6 Å². The first-order valence-corrected chi connectivity index (χ1v) is 7.35. The van der Waals surface area contributed by atoms with Gasteiger partial charge in [0.05, 0.1) is 25.5 Å². The molecular formula is C15H16BrNO3. The van der Waals surface area contributed by atoms with Crippen molar-refractivity contribution in [2.75, 3.05) is 7.11 Å². The molecule has 2 aliphatic rings. The van der Waals surface area contributed by atoms with E-state index in [9.17, 15) is 9.59 Å². The molecule has 1 aromatic carbocycles. The molecule has 1 aliphatic heterocycles. The molecule has 4 nitrogen and oxygen atoms in total. The fourth-order valence-electron chi connectivity index (χ4n) is 3.20. The molecule has 2 atom stereocenters. The van der Waals surface area contributed by atoms with E-state index in [0.29, 0.717) is 5.75 Å². The van der Waals surface area contributed by atoms with Crippen molar-refractivity contribution in [3.8, 4) is 5.75 Å². The van der Waals surface area contributed by atoms with E-state index in [1.807, 2.05) is 32.0 Å². The van der Waals surface area contributed by atoms with Gasteiger partial charge < -0.3 is 4.74 Å². The fraction of sp³-hybridized carbons (Fsp3) is 0.467. The monoisotopic (exact) mass is 337 g/mol. The maximum absolute atomic E-state index is 12.3. The van der Waals surface area contributed by atoms with Gasteiger partial charge in [-0.2, -0.15) is 0 Å². The second-order valence-corrected chi connectivity index (χ2v) is 6.91. The van der Waals surface area contributed by atoms with Crippen LogP contribution in [0.5, 0.6) is 5.75 Å². The Morgan fingerprint density at radius 2 is 1.85 bits per heavy atom. The lowest BCUT2D eigenvalue weighted by Crippen LogP contribution is -2.35. The van der Waals surface area contributed by atoms with Crippen LogP contribution in [0.1, 0.15) is 19.4 Å². The summed E-state index contributed by atoms with van der Waals surface area (Å²) in [5.74, 6) is 0.328. The number of carbonyl (C=O) groups is 2. The van der Waals surface area contributed by atoms with Crippen molar-refractivity contribution in [2.45, 2.75) is 20.4 Å². The summed E-state index contributed by atoms with van der Waals surface area (Å²) in [4.78, 5) is 26.0. The standard InChI is InChI=1S/C15H16BrNO3/c1-15(2)11-12(15)14(19)17(13(11)18)7-8-6-9(16)4-5-10(8)20-3/h4-6,11-12H,7H2,1-3H3. The number of methoxy groups -OCH3 is 1. The number of benzene rings is 1. The van der Waals surface area contributed by atoms with Crippen molar-refractivity contribution in [3.05, 3.63) is 28.2 Å². The van der Waals surface area contributed by atoms with Gasteiger partial charge in [-0.1, -0.05) is 29.8 Å². The number of fused-ring (bicyclic) bond motifs is 1. The van der Waals surface area contributed by atoms with Crippen LogP contribution in [0.3, 0.4) is 0 Å². The second-order valence-electron chi connectivity index (χ2n) is 6.00. The Bertz CT molecular complexity index is 587. The number of carbonyl (C=O) groups excluding carboxylic acids is 2. The van der Waals surface area contributed by atoms with Crippen molar-refractivity contribution in [3.63, 3.8) is 0 Å². The molecule has 5 heteroatoms. The Morgan fingerprint density at radius 3 is 2.40 bits per heavy atom. The van der Waals surface area contributed by atoms with Crippen molar-refractivity contribution in [1.29, 1.82) is 0 Å². The Morgan fingerprint density at radius 1 is 1.25 bits per heavy atom. The molecule has 0 spiro atoms. The summed E-state index contributed by atoms with van der Waals surface area (Å²) in [7, 11) is 1.58. The molecule has 1 heterocycles. The van der Waals surface area contributed by atoms with Gasteiger partial charge in [0.25, 0.3) is 0 Å². The van der Waals surface area contributed by atoms with Crippen LogP contribution in [0.15, 0.2) is 22.7 Å². The number of likely N-dealkylation sites (tertiary alicyclic amines) is 1. The Balaban J connectivity index is 1.85. The zero-order valence-electron chi connectivity index (χ0n) is 11.6. The number of ether oxygens (including phenoxy) is 1. The Hall–Kier alpha value is -1.36. The lowest BCUT2D eigenvalue weighted by Gasteiger charge is -2.21. The van der Waals surface area contributed by atoms with Gasteiger partial charge in [-0.05, 0) is 23.6 Å². The highest BCUT2D eigenvalue weighted by Crippen LogP contribution is 2.63. The maximum Gasteiger partial charge on any atom is 0.233 e. The van der Waals surface area contributed by atoms with Crippen LogP contribution >= 0.6 is 15.9 Å². The van der Waals surface area contributed by atoms with Crippen LogP contribution in [-0.4, -0.2) is 23.8 Å². The predicted molar refractivity (Wildman–Crippen MR) is 77.0 cm³/mol. The number of amides is 2. The van der Waals surface area contributed by atoms with Gasteiger partial charge in [0.2, 0.25) is 11.8 Å². The molecule has 0 bridgehead atoms. The molecular weight excluding hydrogens is 322 g/mol. The molecule has 1 aromatic rings. The van der Waals surface area contributed by atoms with E-state index < -0.39 is 0 Å². The normalized spacial score (nSPS) is 26.7. The molecule has 0 N–H and O–H groups in total. The summed E-state index contributed by atoms with van der Waals surface area (Å²) in [6.07, 6.45) is 0. The van der Waals surface area contributed by atoms with Crippen molar-refractivity contribution in [2.24, 2.45) is 17.3 Å². The maximum atomic E-state index is 12.3. The molecule has 1 aliphatic carbocycles. The van der Waals surface area contributed by atoms with Crippen LogP contribution in [0.4, 0.5) is 0 Å². The third kappa shape index (κ3) is 1.79. The summed E-state index contributed by atoms with van der Waals surface area (Å²) < 4.78 is 6.19. The number of rotatable bonds is 3. The molecule has 20 heavy (non-hydrogen) atoms. The first kappa shape index (κ1) is 13.6. The van der Waals surface area contributed by atoms with Gasteiger partial charge in [-0.15, -0.1) is 0 Å². The highest BCUT2D eigenvalue weighted by molar-refractivity contribution is 9.10. The molecule has 2 unspecified atom stereocenters.